The van der Waals surface area contributed by atoms with Crippen LogP contribution in [0.5, 0.6) is 0 Å². The number of nitrogens with zero attached hydrogens (tertiary/aromatic N) is 1. The van der Waals surface area contributed by atoms with Crippen LogP contribution in [0, 0.1) is 17.2 Å². The minimum atomic E-state index is -0.428. The molecule has 0 radical (unpaired) electrons. The van der Waals surface area contributed by atoms with E-state index in [4.69, 9.17) is 5.73 Å². The number of hydrogen-bond donors (Lipinski definition) is 1. The molecule has 2 nitrogen and oxygen atoms in total. The predicted octanol–water partition coefficient (Wildman–Crippen LogP) is 6.24. The third kappa shape index (κ3) is 4.18. The molecule has 0 saturated heterocycles. The highest BCUT2D eigenvalue weighted by atomic mass is 14.5. The third-order valence-corrected chi connectivity index (χ3v) is 6.39. The summed E-state index contributed by atoms with van der Waals surface area (Å²) >= 11 is 0. The Morgan fingerprint density at radius 1 is 0.833 bits per heavy atom. The molecule has 2 heteroatoms. The van der Waals surface area contributed by atoms with Crippen LogP contribution < -0.4 is 5.73 Å². The summed E-state index contributed by atoms with van der Waals surface area (Å²) in [6.07, 6.45) is 7.17. The van der Waals surface area contributed by atoms with Gasteiger partial charge < -0.3 is 5.73 Å². The van der Waals surface area contributed by atoms with Crippen molar-refractivity contribution in [3.63, 3.8) is 0 Å². The standard InChI is InChI=1S/C20H19N.C8H11N/c21-14-20(13-5-6-15-11-12-15)18-9-3-1-7-16(18)17-8-2-4-10-19(17)20;9-7-6-8-4-2-1-3-5-8/h1-4,7-10,15H,5-6,11-13H2;1-5H,6-7,9H2. The van der Waals surface area contributed by atoms with Crippen LogP contribution in [0.3, 0.4) is 0 Å². The van der Waals surface area contributed by atoms with Gasteiger partial charge in [0.05, 0.1) is 6.07 Å². The number of nitrogens with two attached hydrogens (primary N) is 1. The van der Waals surface area contributed by atoms with Crippen molar-refractivity contribution in [2.24, 2.45) is 11.7 Å². The van der Waals surface area contributed by atoms with Crippen LogP contribution in [0.2, 0.25) is 0 Å². The Labute approximate surface area is 180 Å². The normalized spacial score (nSPS) is 15.3. The summed E-state index contributed by atoms with van der Waals surface area (Å²) in [5.74, 6) is 0.938. The van der Waals surface area contributed by atoms with Crippen LogP contribution in [-0.4, -0.2) is 6.54 Å². The van der Waals surface area contributed by atoms with E-state index in [1.54, 1.807) is 0 Å². The Morgan fingerprint density at radius 3 is 1.93 bits per heavy atom. The molecular weight excluding hydrogens is 364 g/mol. The molecule has 0 aliphatic heterocycles. The van der Waals surface area contributed by atoms with Gasteiger partial charge in [-0.05, 0) is 53.1 Å². The summed E-state index contributed by atoms with van der Waals surface area (Å²) in [4.78, 5) is 0. The van der Waals surface area contributed by atoms with E-state index in [9.17, 15) is 5.26 Å². The monoisotopic (exact) mass is 394 g/mol. The Kier molecular flexibility index (Phi) is 6.31. The van der Waals surface area contributed by atoms with Gasteiger partial charge >= 0.3 is 0 Å². The van der Waals surface area contributed by atoms with Gasteiger partial charge in [-0.15, -0.1) is 0 Å². The maximum atomic E-state index is 10.0. The molecule has 2 aliphatic carbocycles. The number of benzene rings is 3. The topological polar surface area (TPSA) is 49.8 Å². The van der Waals surface area contributed by atoms with Gasteiger partial charge in [0.1, 0.15) is 5.41 Å². The molecule has 1 fully saturated rings. The van der Waals surface area contributed by atoms with Crippen LogP contribution in [0.4, 0.5) is 0 Å². The number of fused-ring (bicyclic) bond motifs is 3. The highest BCUT2D eigenvalue weighted by Gasteiger charge is 2.43. The van der Waals surface area contributed by atoms with Crippen LogP contribution in [0.25, 0.3) is 11.1 Å². The first-order chi connectivity index (χ1) is 14.8. The summed E-state index contributed by atoms with van der Waals surface area (Å²) in [6.45, 7) is 0.740. The molecular formula is C28H30N2. The zero-order valence-electron chi connectivity index (χ0n) is 17.6. The lowest BCUT2D eigenvalue weighted by molar-refractivity contribution is 0.533. The van der Waals surface area contributed by atoms with Crippen molar-refractivity contribution >= 4 is 0 Å². The lowest BCUT2D eigenvalue weighted by Crippen LogP contribution is -2.23. The van der Waals surface area contributed by atoms with Crippen molar-refractivity contribution in [3.05, 3.63) is 95.6 Å². The second-order valence-electron chi connectivity index (χ2n) is 8.47. The van der Waals surface area contributed by atoms with E-state index in [1.807, 2.05) is 18.2 Å². The van der Waals surface area contributed by atoms with Crippen LogP contribution in [0.1, 0.15) is 48.8 Å². The van der Waals surface area contributed by atoms with Gasteiger partial charge in [0.2, 0.25) is 0 Å². The number of rotatable bonds is 6. The van der Waals surface area contributed by atoms with Gasteiger partial charge in [-0.25, -0.2) is 0 Å². The molecule has 0 unspecified atom stereocenters. The molecule has 2 aliphatic rings. The molecule has 3 aromatic rings. The molecule has 0 heterocycles. The van der Waals surface area contributed by atoms with Gasteiger partial charge in [0.15, 0.2) is 0 Å². The molecule has 30 heavy (non-hydrogen) atoms. The van der Waals surface area contributed by atoms with Gasteiger partial charge in [0, 0.05) is 0 Å². The predicted molar refractivity (Wildman–Crippen MR) is 124 cm³/mol. The minimum absolute atomic E-state index is 0.428. The van der Waals surface area contributed by atoms with E-state index < -0.39 is 5.41 Å². The molecule has 152 valence electrons. The van der Waals surface area contributed by atoms with E-state index >= 15 is 0 Å². The zero-order valence-corrected chi connectivity index (χ0v) is 17.6. The Morgan fingerprint density at radius 2 is 1.40 bits per heavy atom. The summed E-state index contributed by atoms with van der Waals surface area (Å²) in [7, 11) is 0. The first kappa shape index (κ1) is 20.4. The third-order valence-electron chi connectivity index (χ3n) is 6.39. The first-order valence-electron chi connectivity index (χ1n) is 11.1. The molecule has 0 amide bonds. The quantitative estimate of drug-likeness (QED) is 0.537. The van der Waals surface area contributed by atoms with E-state index in [2.05, 4.69) is 66.7 Å². The lowest BCUT2D eigenvalue weighted by atomic mass is 9.75. The Balaban J connectivity index is 0.000000204. The molecule has 0 aromatic heterocycles. The largest absolute Gasteiger partial charge is 0.330 e. The summed E-state index contributed by atoms with van der Waals surface area (Å²) in [6, 6.07) is 29.8. The first-order valence-corrected chi connectivity index (χ1v) is 11.1. The van der Waals surface area contributed by atoms with Gasteiger partial charge in [-0.3, -0.25) is 0 Å². The Bertz CT molecular complexity index is 967. The molecule has 0 atom stereocenters. The van der Waals surface area contributed by atoms with Crippen LogP contribution in [-0.2, 0) is 11.8 Å². The van der Waals surface area contributed by atoms with Gasteiger partial charge in [0.25, 0.3) is 0 Å². The number of hydrogen-bond acceptors (Lipinski definition) is 2. The van der Waals surface area contributed by atoms with Crippen molar-refractivity contribution in [1.82, 2.24) is 0 Å². The summed E-state index contributed by atoms with van der Waals surface area (Å²) < 4.78 is 0. The molecule has 1 saturated carbocycles. The molecule has 0 bridgehead atoms. The van der Waals surface area contributed by atoms with Crippen molar-refractivity contribution in [2.45, 2.75) is 43.9 Å². The Hall–Kier alpha value is -2.89. The van der Waals surface area contributed by atoms with Crippen molar-refractivity contribution in [3.8, 4) is 17.2 Å². The molecule has 2 N–H and O–H groups in total. The second-order valence-corrected chi connectivity index (χ2v) is 8.47. The fourth-order valence-corrected chi connectivity index (χ4v) is 4.64. The zero-order chi connectivity index (χ0) is 20.8. The van der Waals surface area contributed by atoms with Gasteiger partial charge in [-0.2, -0.15) is 5.26 Å². The highest BCUT2D eigenvalue weighted by Crippen LogP contribution is 2.51. The van der Waals surface area contributed by atoms with Crippen LogP contribution in [0.15, 0.2) is 78.9 Å². The van der Waals surface area contributed by atoms with Crippen molar-refractivity contribution in [2.75, 3.05) is 6.54 Å². The summed E-state index contributed by atoms with van der Waals surface area (Å²) in [5.41, 5.74) is 11.2. The highest BCUT2D eigenvalue weighted by molar-refractivity contribution is 5.82. The maximum Gasteiger partial charge on any atom is 0.108 e. The second kappa shape index (κ2) is 9.28. The average molecular weight is 395 g/mol. The molecule has 0 spiro atoms. The van der Waals surface area contributed by atoms with Crippen molar-refractivity contribution in [1.29, 1.82) is 5.26 Å². The molecule has 3 aromatic carbocycles. The molecule has 5 rings (SSSR count). The fourth-order valence-electron chi connectivity index (χ4n) is 4.64. The van der Waals surface area contributed by atoms with Gasteiger partial charge in [-0.1, -0.05) is 105 Å². The SMILES string of the molecule is N#CC1(CCCC2CC2)c2ccccc2-c2ccccc21.NCCc1ccccc1. The average Bonchev–Trinajstić information content (AvgIpc) is 3.59. The smallest absolute Gasteiger partial charge is 0.108 e. The van der Waals surface area contributed by atoms with E-state index in [1.165, 1.54) is 47.1 Å². The van der Waals surface area contributed by atoms with E-state index in [-0.39, 0.29) is 0 Å². The van der Waals surface area contributed by atoms with Crippen molar-refractivity contribution < 1.29 is 0 Å². The number of nitriles is 1. The van der Waals surface area contributed by atoms with E-state index in [0.717, 1.165) is 31.7 Å². The summed E-state index contributed by atoms with van der Waals surface area (Å²) in [5, 5.41) is 10.0. The lowest BCUT2D eigenvalue weighted by Gasteiger charge is -2.24. The minimum Gasteiger partial charge on any atom is -0.330 e. The maximum absolute atomic E-state index is 10.0. The fraction of sp³-hybridized carbons (Fsp3) is 0.321. The van der Waals surface area contributed by atoms with E-state index in [0.29, 0.717) is 0 Å². The van der Waals surface area contributed by atoms with Crippen LogP contribution >= 0.6 is 0 Å².